The van der Waals surface area contributed by atoms with E-state index in [4.69, 9.17) is 4.42 Å². The van der Waals surface area contributed by atoms with Crippen LogP contribution in [0.5, 0.6) is 0 Å². The van der Waals surface area contributed by atoms with Crippen molar-refractivity contribution in [1.29, 1.82) is 0 Å². The molecule has 17 heavy (non-hydrogen) atoms. The van der Waals surface area contributed by atoms with E-state index in [0.29, 0.717) is 5.69 Å². The number of furan rings is 1. The molecular formula is C13H13NO3. The number of nitrogens with zero attached hydrogens (tertiary/aromatic N) is 1. The molecule has 0 bridgehead atoms. The summed E-state index contributed by atoms with van der Waals surface area (Å²) in [6.07, 6.45) is 2.30. The molecule has 88 valence electrons. The van der Waals surface area contributed by atoms with Gasteiger partial charge in [-0.2, -0.15) is 0 Å². The van der Waals surface area contributed by atoms with E-state index >= 15 is 0 Å². The molecule has 4 heteroatoms. The highest BCUT2D eigenvalue weighted by Gasteiger charge is 2.42. The summed E-state index contributed by atoms with van der Waals surface area (Å²) in [6, 6.07) is 5.31. The Morgan fingerprint density at radius 2 is 2.24 bits per heavy atom. The zero-order valence-corrected chi connectivity index (χ0v) is 9.82. The van der Waals surface area contributed by atoms with Crippen LogP contribution in [0.1, 0.15) is 36.0 Å². The number of pyridine rings is 1. The molecule has 0 radical (unpaired) electrons. The van der Waals surface area contributed by atoms with Gasteiger partial charge in [0.2, 0.25) is 0 Å². The van der Waals surface area contributed by atoms with Gasteiger partial charge in [-0.05, 0) is 25.0 Å². The number of carbonyl (C=O) groups excluding carboxylic acids is 1. The molecule has 0 unspecified atom stereocenters. The molecule has 0 aromatic carbocycles. The van der Waals surface area contributed by atoms with E-state index < -0.39 is 5.97 Å². The first-order valence-electron chi connectivity index (χ1n) is 5.62. The second-order valence-corrected chi connectivity index (χ2v) is 4.74. The van der Waals surface area contributed by atoms with E-state index in [1.54, 1.807) is 12.1 Å². The normalized spacial score (nSPS) is 17.1. The SMILES string of the molecule is COC(=O)c1ccc2oc(C3(C)CC3)cc2n1. The predicted octanol–water partition coefficient (Wildman–Crippen LogP) is 2.67. The molecule has 1 aliphatic rings. The fourth-order valence-electron chi connectivity index (χ4n) is 1.87. The van der Waals surface area contributed by atoms with E-state index in [0.717, 1.165) is 29.7 Å². The topological polar surface area (TPSA) is 52.3 Å². The average molecular weight is 231 g/mol. The van der Waals surface area contributed by atoms with Gasteiger partial charge in [0.25, 0.3) is 0 Å². The molecule has 0 atom stereocenters. The molecular weight excluding hydrogens is 218 g/mol. The van der Waals surface area contributed by atoms with Crippen molar-refractivity contribution in [2.24, 2.45) is 0 Å². The third kappa shape index (κ3) is 1.60. The number of methoxy groups -OCH3 is 1. The van der Waals surface area contributed by atoms with Gasteiger partial charge >= 0.3 is 5.97 Å². The molecule has 1 fully saturated rings. The van der Waals surface area contributed by atoms with E-state index in [1.165, 1.54) is 7.11 Å². The Labute approximate surface area is 98.6 Å². The highest BCUT2D eigenvalue weighted by molar-refractivity contribution is 5.90. The maximum Gasteiger partial charge on any atom is 0.356 e. The van der Waals surface area contributed by atoms with Gasteiger partial charge < -0.3 is 9.15 Å². The molecule has 0 aliphatic heterocycles. The van der Waals surface area contributed by atoms with Crippen molar-refractivity contribution < 1.29 is 13.9 Å². The van der Waals surface area contributed by atoms with Crippen molar-refractivity contribution in [2.45, 2.75) is 25.2 Å². The molecule has 1 aliphatic carbocycles. The average Bonchev–Trinajstić information content (AvgIpc) is 2.94. The van der Waals surface area contributed by atoms with Crippen LogP contribution >= 0.6 is 0 Å². The number of fused-ring (bicyclic) bond motifs is 1. The summed E-state index contributed by atoms with van der Waals surface area (Å²) in [7, 11) is 1.35. The molecule has 0 N–H and O–H groups in total. The van der Waals surface area contributed by atoms with Gasteiger partial charge in [-0.3, -0.25) is 0 Å². The summed E-state index contributed by atoms with van der Waals surface area (Å²) in [5.74, 6) is 0.536. The van der Waals surface area contributed by atoms with Gasteiger partial charge in [0.15, 0.2) is 5.58 Å². The number of hydrogen-bond donors (Lipinski definition) is 0. The lowest BCUT2D eigenvalue weighted by Crippen LogP contribution is -2.03. The Morgan fingerprint density at radius 1 is 1.47 bits per heavy atom. The zero-order valence-electron chi connectivity index (χ0n) is 9.82. The molecule has 2 heterocycles. The summed E-state index contributed by atoms with van der Waals surface area (Å²) in [4.78, 5) is 15.6. The summed E-state index contributed by atoms with van der Waals surface area (Å²) in [5.41, 5.74) is 1.93. The number of hydrogen-bond acceptors (Lipinski definition) is 4. The minimum atomic E-state index is -0.424. The number of rotatable bonds is 2. The molecule has 2 aromatic rings. The second-order valence-electron chi connectivity index (χ2n) is 4.74. The van der Waals surface area contributed by atoms with Crippen molar-refractivity contribution in [1.82, 2.24) is 4.98 Å². The number of aromatic nitrogens is 1. The molecule has 0 saturated heterocycles. The van der Waals surface area contributed by atoms with Crippen LogP contribution < -0.4 is 0 Å². The van der Waals surface area contributed by atoms with Crippen LogP contribution in [0.15, 0.2) is 22.6 Å². The van der Waals surface area contributed by atoms with Crippen LogP contribution in [0.3, 0.4) is 0 Å². The number of ether oxygens (including phenoxy) is 1. The van der Waals surface area contributed by atoms with Crippen molar-refractivity contribution in [3.8, 4) is 0 Å². The Kier molecular flexibility index (Phi) is 2.02. The van der Waals surface area contributed by atoms with Crippen molar-refractivity contribution >= 4 is 17.1 Å². The third-order valence-corrected chi connectivity index (χ3v) is 3.36. The monoisotopic (exact) mass is 231 g/mol. The Bertz CT molecular complexity index is 596. The lowest BCUT2D eigenvalue weighted by atomic mass is 10.1. The van der Waals surface area contributed by atoms with Crippen LogP contribution in [0.2, 0.25) is 0 Å². The van der Waals surface area contributed by atoms with E-state index in [2.05, 4.69) is 16.6 Å². The van der Waals surface area contributed by atoms with Crippen molar-refractivity contribution in [3.63, 3.8) is 0 Å². The van der Waals surface area contributed by atoms with E-state index in [1.807, 2.05) is 6.07 Å². The molecule has 3 rings (SSSR count). The van der Waals surface area contributed by atoms with Gasteiger partial charge in [0, 0.05) is 11.5 Å². The van der Waals surface area contributed by atoms with Crippen LogP contribution in [0, 0.1) is 0 Å². The highest BCUT2D eigenvalue weighted by Crippen LogP contribution is 2.48. The van der Waals surface area contributed by atoms with Crippen LogP contribution in [0.25, 0.3) is 11.1 Å². The minimum Gasteiger partial charge on any atom is -0.464 e. The van der Waals surface area contributed by atoms with Gasteiger partial charge in [-0.25, -0.2) is 9.78 Å². The smallest absolute Gasteiger partial charge is 0.356 e. The second kappa shape index (κ2) is 3.32. The number of carbonyl (C=O) groups is 1. The van der Waals surface area contributed by atoms with Crippen molar-refractivity contribution in [2.75, 3.05) is 7.11 Å². The Hall–Kier alpha value is -1.84. The fraction of sp³-hybridized carbons (Fsp3) is 0.385. The highest BCUT2D eigenvalue weighted by atomic mass is 16.5. The lowest BCUT2D eigenvalue weighted by Gasteiger charge is -2.00. The van der Waals surface area contributed by atoms with Gasteiger partial charge in [0.05, 0.1) is 7.11 Å². The largest absolute Gasteiger partial charge is 0.464 e. The summed E-state index contributed by atoms with van der Waals surface area (Å²) in [5, 5.41) is 0. The molecule has 0 amide bonds. The zero-order chi connectivity index (χ0) is 12.0. The minimum absolute atomic E-state index is 0.173. The predicted molar refractivity (Wildman–Crippen MR) is 61.9 cm³/mol. The summed E-state index contributed by atoms with van der Waals surface area (Å²) >= 11 is 0. The fourth-order valence-corrected chi connectivity index (χ4v) is 1.87. The summed E-state index contributed by atoms with van der Waals surface area (Å²) < 4.78 is 10.4. The Balaban J connectivity index is 2.07. The van der Waals surface area contributed by atoms with E-state index in [9.17, 15) is 4.79 Å². The standard InChI is InChI=1S/C13H13NO3/c1-13(5-6-13)11-7-9-10(17-11)4-3-8(14-9)12(15)16-2/h3-4,7H,5-6H2,1-2H3. The third-order valence-electron chi connectivity index (χ3n) is 3.36. The number of esters is 1. The van der Waals surface area contributed by atoms with E-state index in [-0.39, 0.29) is 5.41 Å². The van der Waals surface area contributed by atoms with Crippen molar-refractivity contribution in [3.05, 3.63) is 29.7 Å². The summed E-state index contributed by atoms with van der Waals surface area (Å²) in [6.45, 7) is 2.17. The van der Waals surface area contributed by atoms with Gasteiger partial charge in [-0.15, -0.1) is 0 Å². The molecule has 4 nitrogen and oxygen atoms in total. The van der Waals surface area contributed by atoms with Gasteiger partial charge in [0.1, 0.15) is 17.0 Å². The molecule has 2 aromatic heterocycles. The first-order valence-corrected chi connectivity index (χ1v) is 5.62. The Morgan fingerprint density at radius 3 is 2.88 bits per heavy atom. The molecule has 0 spiro atoms. The van der Waals surface area contributed by atoms with Crippen LogP contribution in [0.4, 0.5) is 0 Å². The first kappa shape index (κ1) is 10.3. The maximum absolute atomic E-state index is 11.4. The van der Waals surface area contributed by atoms with Crippen LogP contribution in [-0.4, -0.2) is 18.1 Å². The maximum atomic E-state index is 11.4. The lowest BCUT2D eigenvalue weighted by molar-refractivity contribution is 0.0594. The quantitative estimate of drug-likeness (QED) is 0.745. The van der Waals surface area contributed by atoms with Crippen LogP contribution in [-0.2, 0) is 10.2 Å². The van der Waals surface area contributed by atoms with Gasteiger partial charge in [-0.1, -0.05) is 6.92 Å². The first-order chi connectivity index (χ1) is 8.12. The molecule has 1 saturated carbocycles.